The molecule has 0 amide bonds. The van der Waals surface area contributed by atoms with Crippen molar-refractivity contribution in [1.82, 2.24) is 33.8 Å². The summed E-state index contributed by atoms with van der Waals surface area (Å²) in [6.07, 6.45) is 11.9. The van der Waals surface area contributed by atoms with Crippen LogP contribution in [0.15, 0.2) is 205 Å². The topological polar surface area (TPSA) is 148 Å². The molecule has 2 fully saturated rings. The maximum atomic E-state index is 10.6. The van der Waals surface area contributed by atoms with Crippen molar-refractivity contribution in [2.75, 3.05) is 66.5 Å². The van der Waals surface area contributed by atoms with Gasteiger partial charge in [-0.3, -0.25) is 4.99 Å². The van der Waals surface area contributed by atoms with Crippen LogP contribution in [0.1, 0.15) is 70.2 Å². The van der Waals surface area contributed by atoms with Gasteiger partial charge in [0.1, 0.15) is 17.5 Å². The predicted molar refractivity (Wildman–Crippen MR) is 345 cm³/mol. The van der Waals surface area contributed by atoms with Crippen LogP contribution in [-0.2, 0) is 113 Å². The molecule has 455 valence electrons. The summed E-state index contributed by atoms with van der Waals surface area (Å²) in [5, 5.41) is 13.2. The minimum absolute atomic E-state index is 0. The number of nitrogens with zero attached hydrogens (tertiary/aromatic N) is 10. The fraction of sp³-hybridized carbons (Fsp3) is 0.269. The van der Waals surface area contributed by atoms with E-state index in [1.807, 2.05) is 109 Å². The van der Waals surface area contributed by atoms with Crippen LogP contribution < -0.4 is 0 Å². The normalized spacial score (nSPS) is 14.4. The largest absolute Gasteiger partial charge is 0.464 e. The summed E-state index contributed by atoms with van der Waals surface area (Å²) in [5.41, 5.74) is 8.56. The standard InChI is InChI=1S/C20H16Cl2.C20H16Cl.C8H15N3.C7H12N3.C5H6N2O2.C4H4N2O2.3CH3.3Y/c1-15-11-13-17(14-12-15)20(22,16-7-3-2-4-8-16)18-9-5-6-10-19(18)21;1-16-10-8-9-15-19(16)20(21,17-11-4-2-5-12-17)18-13-6-3-7-14-18;1-10-5-3-7-11-6-2-4-9-8(10)11;1-3-8-7-9-4-2-6-10(7)5-1;1-9-5(8)7-3-2-6-4-7;7-4(8)6-2-1-5-3-6;;;;;;/h2-14H,1H3;2,4-15H,1H3;2-7H2,1H3;1-6H2;2-4H,1H3;1-3H,(H,7,8);3*1H3;;;/q;-1;;-1;;;3*-1;;;. The van der Waals surface area contributed by atoms with E-state index >= 15 is 0 Å². The monoisotopic (exact) mass is 1460 g/mol. The van der Waals surface area contributed by atoms with E-state index < -0.39 is 21.9 Å². The number of hydrogen-bond donors (Lipinski definition) is 1. The van der Waals surface area contributed by atoms with Crippen LogP contribution in [0.2, 0.25) is 5.02 Å². The Morgan fingerprint density at radius 3 is 1.59 bits per heavy atom. The number of halogens is 3. The molecule has 0 spiro atoms. The quantitative estimate of drug-likeness (QED) is 0.0976. The summed E-state index contributed by atoms with van der Waals surface area (Å²) in [7, 11) is 3.46. The van der Waals surface area contributed by atoms with E-state index in [0.29, 0.717) is 5.02 Å². The van der Waals surface area contributed by atoms with Crippen LogP contribution in [0.4, 0.5) is 9.59 Å². The minimum atomic E-state index is -1.01. The molecule has 8 aromatic rings. The van der Waals surface area contributed by atoms with Crippen molar-refractivity contribution in [2.24, 2.45) is 9.98 Å². The molecule has 6 heterocycles. The number of rotatable bonds is 6. The molecule has 1 N–H and O–H groups in total. The number of aryl methyl sites for hydroxylation is 2. The van der Waals surface area contributed by atoms with E-state index in [1.165, 1.54) is 125 Å². The Balaban J connectivity index is 0.000000537. The van der Waals surface area contributed by atoms with Crippen LogP contribution in [0.25, 0.3) is 5.32 Å². The molecular formula is C67H78Cl3N10O4Y3-5. The van der Waals surface area contributed by atoms with Gasteiger partial charge in [-0.15, -0.1) is 28.8 Å². The SMILES string of the molecule is C1CN=C2[N-]CCCN2C1.CN1CCCN2CCCN=C12.COC(=O)n1ccnc1.Cc1ccc(C(Cl)(c2ccccc2)c2ccccc2Cl)cc1.Cc1ccccc1C(Cl)(c1cc[c-]cc1)c1ccccc1.O=C(O)n1ccnc1.[CH3-].[CH3-].[CH3-].[Y].[Y].[Y]. The smallest absolute Gasteiger partial charge is 0.418 e. The predicted octanol–water partition coefficient (Wildman–Crippen LogP) is 15.0. The van der Waals surface area contributed by atoms with E-state index in [0.717, 1.165) is 63.5 Å². The van der Waals surface area contributed by atoms with E-state index in [-0.39, 0.29) is 120 Å². The molecule has 6 aromatic carbocycles. The number of alkyl halides is 2. The molecule has 14 nitrogen and oxygen atoms in total. The van der Waals surface area contributed by atoms with Crippen molar-refractivity contribution in [2.45, 2.75) is 49.3 Å². The number of guanidine groups is 2. The van der Waals surface area contributed by atoms with E-state index in [4.69, 9.17) is 39.9 Å². The van der Waals surface area contributed by atoms with Gasteiger partial charge in [0.05, 0.1) is 12.0 Å². The van der Waals surface area contributed by atoms with Gasteiger partial charge in [0, 0.05) is 173 Å². The van der Waals surface area contributed by atoms with Gasteiger partial charge in [0.25, 0.3) is 0 Å². The number of ether oxygens (including phenoxy) is 1. The fourth-order valence-electron chi connectivity index (χ4n) is 9.49. The Labute approximate surface area is 607 Å². The fourth-order valence-corrected chi connectivity index (χ4v) is 10.7. The molecule has 12 rings (SSSR count). The van der Waals surface area contributed by atoms with Crippen LogP contribution in [0.3, 0.4) is 0 Å². The summed E-state index contributed by atoms with van der Waals surface area (Å²) >= 11 is 20.9. The second-order valence-electron chi connectivity index (χ2n) is 19.2. The third kappa shape index (κ3) is 22.7. The molecule has 0 aliphatic carbocycles. The van der Waals surface area contributed by atoms with Crippen LogP contribution in [-0.4, -0.2) is 130 Å². The van der Waals surface area contributed by atoms with Gasteiger partial charge in [-0.2, -0.15) is 30.3 Å². The molecule has 2 atom stereocenters. The van der Waals surface area contributed by atoms with Crippen molar-refractivity contribution < 1.29 is 118 Å². The third-order valence-electron chi connectivity index (χ3n) is 13.6. The first-order valence-electron chi connectivity index (χ1n) is 26.9. The molecular weight excluding hydrogens is 1380 g/mol. The molecule has 2 aromatic heterocycles. The molecule has 4 aliphatic heterocycles. The van der Waals surface area contributed by atoms with Crippen molar-refractivity contribution in [3.8, 4) is 0 Å². The number of fused-ring (bicyclic) bond motifs is 2. The molecule has 3 radical (unpaired) electrons. The number of aromatic nitrogens is 4. The summed E-state index contributed by atoms with van der Waals surface area (Å²) in [6, 6.07) is 55.6. The minimum Gasteiger partial charge on any atom is -0.464 e. The molecule has 2 saturated heterocycles. The zero-order valence-corrected chi connectivity index (χ0v) is 61.8. The zero-order chi connectivity index (χ0) is 57.5. The second-order valence-corrected chi connectivity index (χ2v) is 20.8. The molecule has 2 unspecified atom stereocenters. The molecule has 0 bridgehead atoms. The molecule has 87 heavy (non-hydrogen) atoms. The Kier molecular flexibility index (Phi) is 38.5. The summed E-state index contributed by atoms with van der Waals surface area (Å²) in [5.74, 6) is 2.24. The Hall–Kier alpha value is -4.60. The number of hydrogen-bond acceptors (Lipinski definition) is 10. The van der Waals surface area contributed by atoms with Gasteiger partial charge in [-0.1, -0.05) is 145 Å². The summed E-state index contributed by atoms with van der Waals surface area (Å²) in [4.78, 5) is 42.0. The van der Waals surface area contributed by atoms with Gasteiger partial charge in [-0.25, -0.2) is 28.7 Å². The Morgan fingerprint density at radius 2 is 1.07 bits per heavy atom. The first-order chi connectivity index (χ1) is 39.3. The molecule has 0 saturated carbocycles. The number of benzene rings is 6. The van der Waals surface area contributed by atoms with Crippen molar-refractivity contribution in [1.29, 1.82) is 0 Å². The first-order valence-corrected chi connectivity index (χ1v) is 28.1. The average Bonchev–Trinajstić information content (AvgIpc) is 1.40. The number of carbonyl (C=O) groups excluding carboxylic acids is 1. The zero-order valence-electron chi connectivity index (χ0n) is 51.0. The average molecular weight is 1460 g/mol. The van der Waals surface area contributed by atoms with E-state index in [1.54, 1.807) is 0 Å². The van der Waals surface area contributed by atoms with Crippen molar-refractivity contribution in [3.05, 3.63) is 278 Å². The van der Waals surface area contributed by atoms with E-state index in [9.17, 15) is 9.59 Å². The summed E-state index contributed by atoms with van der Waals surface area (Å²) < 4.78 is 6.60. The molecule has 20 heteroatoms. The number of aliphatic imine (C=N–C) groups is 2. The van der Waals surface area contributed by atoms with Gasteiger partial charge in [-0.05, 0) is 99.6 Å². The van der Waals surface area contributed by atoms with Gasteiger partial charge >= 0.3 is 12.2 Å². The Bertz CT molecular complexity index is 3200. The molecule has 4 aliphatic rings. The van der Waals surface area contributed by atoms with Crippen molar-refractivity contribution >= 4 is 58.9 Å². The van der Waals surface area contributed by atoms with Gasteiger partial charge in [0.2, 0.25) is 0 Å². The number of carboxylic acid groups (broad SMARTS) is 1. The Morgan fingerprint density at radius 1 is 0.586 bits per heavy atom. The second kappa shape index (κ2) is 41.7. The van der Waals surface area contributed by atoms with Gasteiger partial charge in [0.15, 0.2) is 5.96 Å². The van der Waals surface area contributed by atoms with Crippen LogP contribution in [0, 0.1) is 42.2 Å². The van der Waals surface area contributed by atoms with Crippen LogP contribution in [0.5, 0.6) is 0 Å². The number of imidazole rings is 2. The van der Waals surface area contributed by atoms with Gasteiger partial charge < -0.3 is 57.1 Å². The maximum absolute atomic E-state index is 10.6. The summed E-state index contributed by atoms with van der Waals surface area (Å²) in [6.45, 7) is 13.1. The first kappa shape index (κ1) is 80.4. The number of methoxy groups -OCH3 is 1. The van der Waals surface area contributed by atoms with Crippen molar-refractivity contribution in [3.63, 3.8) is 0 Å². The number of carbonyl (C=O) groups is 2. The third-order valence-corrected chi connectivity index (χ3v) is 15.2. The van der Waals surface area contributed by atoms with E-state index in [2.05, 4.69) is 120 Å². The van der Waals surface area contributed by atoms with Crippen LogP contribution >= 0.6 is 34.8 Å². The maximum Gasteiger partial charge on any atom is 0.418 e.